The summed E-state index contributed by atoms with van der Waals surface area (Å²) in [5, 5.41) is 3.46. The van der Waals surface area contributed by atoms with Gasteiger partial charge in [-0.05, 0) is 33.2 Å². The molecule has 0 aromatic carbocycles. The van der Waals surface area contributed by atoms with Crippen LogP contribution >= 0.6 is 0 Å². The molecule has 0 spiro atoms. The van der Waals surface area contributed by atoms with Crippen LogP contribution in [0.3, 0.4) is 0 Å². The van der Waals surface area contributed by atoms with Crippen molar-refractivity contribution in [1.82, 2.24) is 19.8 Å². The molecule has 0 bridgehead atoms. The van der Waals surface area contributed by atoms with Gasteiger partial charge in [-0.2, -0.15) is 4.98 Å². The SMILES string of the molecule is CCC(C)N1C(=O)C(N2CCN(C)CC2)Nc2cnc(N(C)C3CCCCC3)nc21. The summed E-state index contributed by atoms with van der Waals surface area (Å²) < 4.78 is 0. The number of nitrogens with zero attached hydrogens (tertiary/aromatic N) is 6. The van der Waals surface area contributed by atoms with Crippen LogP contribution in [0, 0.1) is 0 Å². The van der Waals surface area contributed by atoms with E-state index in [0.29, 0.717) is 6.04 Å². The van der Waals surface area contributed by atoms with Crippen LogP contribution in [0.1, 0.15) is 52.4 Å². The summed E-state index contributed by atoms with van der Waals surface area (Å²) in [7, 11) is 4.23. The quantitative estimate of drug-likeness (QED) is 0.792. The fraction of sp³-hybridized carbons (Fsp3) is 0.773. The van der Waals surface area contributed by atoms with Crippen LogP contribution < -0.4 is 15.1 Å². The summed E-state index contributed by atoms with van der Waals surface area (Å²) in [4.78, 5) is 31.9. The van der Waals surface area contributed by atoms with Gasteiger partial charge in [-0.1, -0.05) is 26.2 Å². The number of piperazine rings is 1. The Hall–Kier alpha value is -1.93. The van der Waals surface area contributed by atoms with Crippen LogP contribution in [0.15, 0.2) is 6.20 Å². The van der Waals surface area contributed by atoms with Crippen LogP contribution in [0.25, 0.3) is 0 Å². The molecule has 1 aromatic heterocycles. The fourth-order valence-corrected chi connectivity index (χ4v) is 4.83. The summed E-state index contributed by atoms with van der Waals surface area (Å²) in [6.45, 7) is 7.95. The number of hydrogen-bond donors (Lipinski definition) is 1. The first-order valence-corrected chi connectivity index (χ1v) is 11.6. The first-order chi connectivity index (χ1) is 14.5. The lowest BCUT2D eigenvalue weighted by Gasteiger charge is -2.44. The van der Waals surface area contributed by atoms with Gasteiger partial charge in [0.05, 0.1) is 11.9 Å². The minimum Gasteiger partial charge on any atom is -0.358 e. The minimum atomic E-state index is -0.342. The van der Waals surface area contributed by atoms with Crippen LogP contribution in [0.2, 0.25) is 0 Å². The zero-order chi connectivity index (χ0) is 21.3. The highest BCUT2D eigenvalue weighted by molar-refractivity contribution is 6.04. The van der Waals surface area contributed by atoms with Crippen molar-refractivity contribution in [2.75, 3.05) is 55.4 Å². The second-order valence-electron chi connectivity index (χ2n) is 9.16. The molecule has 1 saturated carbocycles. The third kappa shape index (κ3) is 4.12. The number of fused-ring (bicyclic) bond motifs is 1. The molecule has 1 amide bonds. The predicted molar refractivity (Wildman–Crippen MR) is 121 cm³/mol. The molecule has 30 heavy (non-hydrogen) atoms. The molecule has 8 heteroatoms. The number of rotatable bonds is 5. The number of hydrogen-bond acceptors (Lipinski definition) is 7. The molecule has 2 aliphatic heterocycles. The van der Waals surface area contributed by atoms with Gasteiger partial charge in [0.2, 0.25) is 5.95 Å². The highest BCUT2D eigenvalue weighted by atomic mass is 16.2. The van der Waals surface area contributed by atoms with E-state index in [9.17, 15) is 4.79 Å². The van der Waals surface area contributed by atoms with Crippen molar-refractivity contribution in [2.24, 2.45) is 0 Å². The van der Waals surface area contributed by atoms with E-state index >= 15 is 0 Å². The van der Waals surface area contributed by atoms with E-state index in [1.807, 2.05) is 11.1 Å². The second-order valence-corrected chi connectivity index (χ2v) is 9.16. The van der Waals surface area contributed by atoms with E-state index in [0.717, 1.165) is 50.1 Å². The Morgan fingerprint density at radius 2 is 1.90 bits per heavy atom. The Kier molecular flexibility index (Phi) is 6.43. The third-order valence-corrected chi connectivity index (χ3v) is 7.12. The number of anilines is 3. The molecule has 3 heterocycles. The molecular weight excluding hydrogens is 378 g/mol. The standard InChI is InChI=1S/C22H37N7O/c1-5-16(2)29-19-18(24-20(21(29)30)28-13-11-26(3)12-14-28)15-23-22(25-19)27(4)17-9-7-6-8-10-17/h15-17,20,24H,5-14H2,1-4H3. The Balaban J connectivity index is 1.62. The maximum atomic E-state index is 13.6. The first kappa shape index (κ1) is 21.3. The van der Waals surface area contributed by atoms with E-state index in [1.54, 1.807) is 0 Å². The van der Waals surface area contributed by atoms with Crippen molar-refractivity contribution >= 4 is 23.4 Å². The lowest BCUT2D eigenvalue weighted by Crippen LogP contribution is -2.61. The minimum absolute atomic E-state index is 0.0936. The maximum Gasteiger partial charge on any atom is 0.266 e. The van der Waals surface area contributed by atoms with Crippen molar-refractivity contribution < 1.29 is 4.79 Å². The zero-order valence-corrected chi connectivity index (χ0v) is 19.0. The van der Waals surface area contributed by atoms with Gasteiger partial charge in [0, 0.05) is 45.3 Å². The normalized spacial score (nSPS) is 25.0. The van der Waals surface area contributed by atoms with Gasteiger partial charge in [-0.25, -0.2) is 4.98 Å². The summed E-state index contributed by atoms with van der Waals surface area (Å²) >= 11 is 0. The van der Waals surface area contributed by atoms with Crippen LogP contribution in [0.4, 0.5) is 17.5 Å². The van der Waals surface area contributed by atoms with Gasteiger partial charge in [0.25, 0.3) is 5.91 Å². The van der Waals surface area contributed by atoms with Crippen molar-refractivity contribution in [1.29, 1.82) is 0 Å². The molecule has 3 aliphatic rings. The van der Waals surface area contributed by atoms with Gasteiger partial charge in [-0.3, -0.25) is 14.6 Å². The van der Waals surface area contributed by atoms with Gasteiger partial charge in [-0.15, -0.1) is 0 Å². The molecule has 1 aromatic rings. The van der Waals surface area contributed by atoms with E-state index < -0.39 is 0 Å². The highest BCUT2D eigenvalue weighted by Gasteiger charge is 2.40. The van der Waals surface area contributed by atoms with Crippen LogP contribution in [-0.4, -0.2) is 84.2 Å². The molecule has 2 unspecified atom stereocenters. The molecule has 1 N–H and O–H groups in total. The van der Waals surface area contributed by atoms with Crippen molar-refractivity contribution in [3.63, 3.8) is 0 Å². The summed E-state index contributed by atoms with van der Waals surface area (Å²) in [5.41, 5.74) is 0.861. The topological polar surface area (TPSA) is 67.8 Å². The van der Waals surface area contributed by atoms with Gasteiger partial charge in [0.1, 0.15) is 0 Å². The highest BCUT2D eigenvalue weighted by Crippen LogP contribution is 2.34. The van der Waals surface area contributed by atoms with Crippen LogP contribution in [-0.2, 0) is 4.79 Å². The van der Waals surface area contributed by atoms with Gasteiger partial charge >= 0.3 is 0 Å². The second kappa shape index (κ2) is 9.06. The molecule has 1 saturated heterocycles. The Bertz CT molecular complexity index is 743. The van der Waals surface area contributed by atoms with E-state index in [1.165, 1.54) is 32.1 Å². The number of likely N-dealkylation sites (N-methyl/N-ethyl adjacent to an activating group) is 1. The fourth-order valence-electron chi connectivity index (χ4n) is 4.83. The molecule has 1 aliphatic carbocycles. The Labute approximate surface area is 180 Å². The Morgan fingerprint density at radius 3 is 2.57 bits per heavy atom. The van der Waals surface area contributed by atoms with Gasteiger partial charge in [0.15, 0.2) is 12.0 Å². The first-order valence-electron chi connectivity index (χ1n) is 11.6. The summed E-state index contributed by atoms with van der Waals surface area (Å²) in [6.07, 6.45) is 8.66. The molecule has 0 radical (unpaired) electrons. The third-order valence-electron chi connectivity index (χ3n) is 7.12. The number of amides is 1. The molecule has 8 nitrogen and oxygen atoms in total. The predicted octanol–water partition coefficient (Wildman–Crippen LogP) is 2.38. The molecular formula is C22H37N7O. The monoisotopic (exact) mass is 415 g/mol. The smallest absolute Gasteiger partial charge is 0.266 e. The molecule has 166 valence electrons. The summed E-state index contributed by atoms with van der Waals surface area (Å²) in [5.74, 6) is 1.56. The van der Waals surface area contributed by atoms with Crippen LogP contribution in [0.5, 0.6) is 0 Å². The van der Waals surface area contributed by atoms with E-state index in [-0.39, 0.29) is 18.1 Å². The molecule has 4 rings (SSSR count). The maximum absolute atomic E-state index is 13.6. The van der Waals surface area contributed by atoms with Crippen molar-refractivity contribution in [3.05, 3.63) is 6.20 Å². The lowest BCUT2D eigenvalue weighted by molar-refractivity contribution is -0.124. The average Bonchev–Trinajstić information content (AvgIpc) is 2.78. The molecule has 2 fully saturated rings. The van der Waals surface area contributed by atoms with E-state index in [2.05, 4.69) is 48.0 Å². The van der Waals surface area contributed by atoms with Crippen molar-refractivity contribution in [2.45, 2.75) is 70.6 Å². The zero-order valence-electron chi connectivity index (χ0n) is 19.0. The summed E-state index contributed by atoms with van der Waals surface area (Å²) in [6, 6.07) is 0.579. The molecule has 2 atom stereocenters. The average molecular weight is 416 g/mol. The van der Waals surface area contributed by atoms with Crippen molar-refractivity contribution in [3.8, 4) is 0 Å². The largest absolute Gasteiger partial charge is 0.358 e. The number of aromatic nitrogens is 2. The lowest BCUT2D eigenvalue weighted by atomic mass is 9.95. The van der Waals surface area contributed by atoms with Gasteiger partial charge < -0.3 is 15.1 Å². The van der Waals surface area contributed by atoms with E-state index in [4.69, 9.17) is 9.97 Å². The number of nitrogens with one attached hydrogen (secondary N) is 1. The number of carbonyl (C=O) groups excluding carboxylic acids is 1. The Morgan fingerprint density at radius 1 is 1.20 bits per heavy atom. The number of carbonyl (C=O) groups is 1.